The van der Waals surface area contributed by atoms with Gasteiger partial charge in [-0.3, -0.25) is 9.59 Å². The Balaban J connectivity index is 1.28. The normalized spacial score (nSPS) is 11.3. The van der Waals surface area contributed by atoms with Gasteiger partial charge in [-0.1, -0.05) is 47.5 Å². The van der Waals surface area contributed by atoms with Crippen molar-refractivity contribution in [3.63, 3.8) is 0 Å². The summed E-state index contributed by atoms with van der Waals surface area (Å²) in [6.45, 7) is 4.36. The number of aromatic nitrogens is 1. The van der Waals surface area contributed by atoms with Crippen molar-refractivity contribution in [1.82, 2.24) is 15.2 Å². The van der Waals surface area contributed by atoms with Crippen LogP contribution in [0, 0.1) is 13.8 Å². The van der Waals surface area contributed by atoms with Crippen molar-refractivity contribution in [3.8, 4) is 11.4 Å². The first-order valence-corrected chi connectivity index (χ1v) is 14.1. The Hall–Kier alpha value is -4.46. The number of para-hydroxylation sites is 1. The van der Waals surface area contributed by atoms with E-state index in [9.17, 15) is 9.59 Å². The van der Waals surface area contributed by atoms with Crippen molar-refractivity contribution in [2.45, 2.75) is 27.0 Å². The zero-order valence-electron chi connectivity index (χ0n) is 23.3. The van der Waals surface area contributed by atoms with Crippen LogP contribution in [0.25, 0.3) is 22.7 Å². The lowest BCUT2D eigenvalue weighted by Gasteiger charge is -2.16. The lowest BCUT2D eigenvalue weighted by atomic mass is 10.1. The number of fused-ring (bicyclic) bond motifs is 1. The fourth-order valence-electron chi connectivity index (χ4n) is 4.60. The summed E-state index contributed by atoms with van der Waals surface area (Å²) in [6, 6.07) is 20.2. The number of carbonyl (C=O) groups excluding carboxylic acids is 2. The van der Waals surface area contributed by atoms with Crippen LogP contribution in [0.5, 0.6) is 5.75 Å². The van der Waals surface area contributed by atoms with E-state index in [1.165, 1.54) is 6.08 Å². The van der Waals surface area contributed by atoms with Crippen LogP contribution in [0.4, 0.5) is 0 Å². The highest BCUT2D eigenvalue weighted by Gasteiger charge is 2.17. The molecule has 42 heavy (non-hydrogen) atoms. The Bertz CT molecular complexity index is 1800. The minimum absolute atomic E-state index is 0.144. The van der Waals surface area contributed by atoms with Gasteiger partial charge in [0.1, 0.15) is 12.4 Å². The number of aryl methyl sites for hydroxylation is 2. The number of nitrogens with one attached hydrogen (secondary N) is 2. The predicted octanol–water partition coefficient (Wildman–Crippen LogP) is 7.42. The Morgan fingerprint density at radius 1 is 1.00 bits per heavy atom. The van der Waals surface area contributed by atoms with Crippen LogP contribution in [0.2, 0.25) is 10.0 Å². The number of benzene rings is 3. The number of furan rings is 1. The van der Waals surface area contributed by atoms with E-state index in [2.05, 4.69) is 10.6 Å². The average Bonchev–Trinajstić information content (AvgIpc) is 3.58. The third kappa shape index (κ3) is 6.08. The number of amides is 2. The molecule has 0 unspecified atom stereocenters. The molecule has 0 aliphatic rings. The van der Waals surface area contributed by atoms with Gasteiger partial charge in [0.25, 0.3) is 5.91 Å². The third-order valence-electron chi connectivity index (χ3n) is 7.07. The summed E-state index contributed by atoms with van der Waals surface area (Å²) >= 11 is 13.4. The Morgan fingerprint density at radius 3 is 2.55 bits per heavy atom. The van der Waals surface area contributed by atoms with E-state index in [4.69, 9.17) is 32.4 Å². The summed E-state index contributed by atoms with van der Waals surface area (Å²) in [5, 5.41) is 7.42. The zero-order valence-corrected chi connectivity index (χ0v) is 24.8. The lowest BCUT2D eigenvalue weighted by molar-refractivity contribution is -0.116. The molecule has 2 aromatic heterocycles. The molecule has 2 amide bonds. The van der Waals surface area contributed by atoms with E-state index in [1.807, 2.05) is 61.0 Å². The van der Waals surface area contributed by atoms with Crippen molar-refractivity contribution >= 4 is 52.1 Å². The molecule has 9 heteroatoms. The van der Waals surface area contributed by atoms with Gasteiger partial charge >= 0.3 is 0 Å². The summed E-state index contributed by atoms with van der Waals surface area (Å²) < 4.78 is 14.0. The molecule has 3 aromatic carbocycles. The average molecular weight is 603 g/mol. The van der Waals surface area contributed by atoms with Gasteiger partial charge < -0.3 is 24.4 Å². The van der Waals surface area contributed by atoms with Crippen molar-refractivity contribution < 1.29 is 18.7 Å². The van der Waals surface area contributed by atoms with E-state index >= 15 is 0 Å². The molecular weight excluding hydrogens is 573 g/mol. The Labute approximate surface area is 253 Å². The van der Waals surface area contributed by atoms with Crippen LogP contribution in [0.3, 0.4) is 0 Å². The number of halogens is 2. The fraction of sp³-hybridized carbons (Fsp3) is 0.152. The molecule has 0 saturated heterocycles. The number of ether oxygens (including phenoxy) is 1. The van der Waals surface area contributed by atoms with Crippen molar-refractivity contribution in [2.75, 3.05) is 7.05 Å². The first-order chi connectivity index (χ1) is 20.3. The second-order valence-electron chi connectivity index (χ2n) is 9.69. The Kier molecular flexibility index (Phi) is 8.71. The minimum Gasteiger partial charge on any atom is -0.485 e. The molecule has 2 N–H and O–H groups in total. The second-order valence-corrected chi connectivity index (χ2v) is 10.5. The monoisotopic (exact) mass is 601 g/mol. The molecule has 0 spiro atoms. The maximum atomic E-state index is 12.5. The second kappa shape index (κ2) is 12.6. The molecule has 5 rings (SSSR count). The molecule has 0 bridgehead atoms. The van der Waals surface area contributed by atoms with Crippen LogP contribution >= 0.6 is 23.2 Å². The van der Waals surface area contributed by atoms with Gasteiger partial charge in [-0.05, 0) is 73.5 Å². The third-order valence-corrected chi connectivity index (χ3v) is 7.84. The van der Waals surface area contributed by atoms with Gasteiger partial charge in [-0.2, -0.15) is 0 Å². The summed E-state index contributed by atoms with van der Waals surface area (Å²) in [7, 11) is 1.58. The number of nitrogens with zero attached hydrogens (tertiary/aromatic N) is 1. The topological polar surface area (TPSA) is 85.5 Å². The van der Waals surface area contributed by atoms with Crippen LogP contribution in [0.15, 0.2) is 83.4 Å². The van der Waals surface area contributed by atoms with Gasteiger partial charge in [0, 0.05) is 46.6 Å². The van der Waals surface area contributed by atoms with E-state index < -0.39 is 0 Å². The lowest BCUT2D eigenvalue weighted by Crippen LogP contribution is -2.21. The van der Waals surface area contributed by atoms with Crippen molar-refractivity contribution in [3.05, 3.63) is 123 Å². The quantitative estimate of drug-likeness (QED) is 0.172. The van der Waals surface area contributed by atoms with E-state index in [1.54, 1.807) is 43.5 Å². The van der Waals surface area contributed by atoms with Crippen molar-refractivity contribution in [1.29, 1.82) is 0 Å². The molecule has 0 aliphatic carbocycles. The molecule has 0 aliphatic heterocycles. The molecule has 0 fully saturated rings. The maximum absolute atomic E-state index is 12.5. The zero-order chi connectivity index (χ0) is 29.8. The molecule has 5 aromatic rings. The summed E-state index contributed by atoms with van der Waals surface area (Å²) in [5.74, 6) is 1.04. The first-order valence-electron chi connectivity index (χ1n) is 13.3. The number of hydrogen-bond donors (Lipinski definition) is 2. The van der Waals surface area contributed by atoms with E-state index in [-0.39, 0.29) is 25.0 Å². The van der Waals surface area contributed by atoms with Gasteiger partial charge in [0.15, 0.2) is 11.3 Å². The highest BCUT2D eigenvalue weighted by molar-refractivity contribution is 6.37. The molecular formula is C33H29Cl2N3O4. The fourth-order valence-corrected chi connectivity index (χ4v) is 5.17. The van der Waals surface area contributed by atoms with Crippen LogP contribution in [0.1, 0.15) is 38.5 Å². The highest BCUT2D eigenvalue weighted by Crippen LogP contribution is 2.35. The standard InChI is InChI=1S/C33H29Cl2N3O4/c1-20-21(2)42-32-25(20)7-4-8-29(32)41-19-26-27(34)14-15-28(31(26)35)38-17-5-6-24(38)18-37-30(39)16-11-22-9-12-23(13-10-22)33(40)36-3/h4-17H,18-19H2,1-3H3,(H,36,40)(H,37,39)/b16-11+. The smallest absolute Gasteiger partial charge is 0.251 e. The van der Waals surface area contributed by atoms with Crippen LogP contribution in [-0.4, -0.2) is 23.4 Å². The van der Waals surface area contributed by atoms with Crippen LogP contribution in [-0.2, 0) is 17.9 Å². The molecule has 2 heterocycles. The number of carbonyl (C=O) groups is 2. The largest absolute Gasteiger partial charge is 0.485 e. The van der Waals surface area contributed by atoms with Gasteiger partial charge in [-0.15, -0.1) is 0 Å². The van der Waals surface area contributed by atoms with Crippen molar-refractivity contribution in [2.24, 2.45) is 0 Å². The van der Waals surface area contributed by atoms with Gasteiger partial charge in [0.05, 0.1) is 17.3 Å². The number of rotatable bonds is 9. The van der Waals surface area contributed by atoms with E-state index in [0.29, 0.717) is 38.2 Å². The number of hydrogen-bond acceptors (Lipinski definition) is 4. The molecule has 214 valence electrons. The van der Waals surface area contributed by atoms with Gasteiger partial charge in [0.2, 0.25) is 5.91 Å². The molecule has 0 atom stereocenters. The van der Waals surface area contributed by atoms with Gasteiger partial charge in [-0.25, -0.2) is 0 Å². The summed E-state index contributed by atoms with van der Waals surface area (Å²) in [4.78, 5) is 24.2. The van der Waals surface area contributed by atoms with Crippen LogP contribution < -0.4 is 15.4 Å². The Morgan fingerprint density at radius 2 is 1.79 bits per heavy atom. The minimum atomic E-state index is -0.257. The molecule has 0 saturated carbocycles. The maximum Gasteiger partial charge on any atom is 0.251 e. The van der Waals surface area contributed by atoms with E-state index in [0.717, 1.165) is 28.0 Å². The first kappa shape index (κ1) is 29.0. The summed E-state index contributed by atoms with van der Waals surface area (Å²) in [5.41, 5.74) is 5.30. The predicted molar refractivity (Wildman–Crippen MR) is 167 cm³/mol. The highest BCUT2D eigenvalue weighted by atomic mass is 35.5. The summed E-state index contributed by atoms with van der Waals surface area (Å²) in [6.07, 6.45) is 5.02. The molecule has 0 radical (unpaired) electrons. The SMILES string of the molecule is CNC(=O)c1ccc(/C=C/C(=O)NCc2cccn2-c2ccc(Cl)c(COc3cccc4c(C)c(C)oc34)c2Cl)cc1. The molecule has 7 nitrogen and oxygen atoms in total.